The Morgan fingerprint density at radius 2 is 1.83 bits per heavy atom. The number of nitrogens with zero attached hydrogens (tertiary/aromatic N) is 5. The molecule has 1 aromatic heterocycles. The molecule has 7 nitrogen and oxygen atoms in total. The Bertz CT molecular complexity index is 486. The van der Waals surface area contributed by atoms with Gasteiger partial charge in [0.25, 0.3) is 0 Å². The highest BCUT2D eigenvalue weighted by atomic mass is 16.5. The van der Waals surface area contributed by atoms with E-state index in [1.165, 1.54) is 0 Å². The van der Waals surface area contributed by atoms with Crippen LogP contribution in [0.3, 0.4) is 0 Å². The fourth-order valence-corrected chi connectivity index (χ4v) is 2.89. The van der Waals surface area contributed by atoms with E-state index in [-0.39, 0.29) is 5.92 Å². The van der Waals surface area contributed by atoms with E-state index in [2.05, 4.69) is 52.9 Å². The molecule has 7 heteroatoms. The highest BCUT2D eigenvalue weighted by molar-refractivity contribution is 5.36. The molecule has 0 saturated carbocycles. The number of aromatic nitrogens is 3. The Hall–Kier alpha value is -1.47. The van der Waals surface area contributed by atoms with Crippen molar-refractivity contribution in [2.75, 3.05) is 50.5 Å². The predicted molar refractivity (Wildman–Crippen MR) is 97.8 cm³/mol. The van der Waals surface area contributed by atoms with Gasteiger partial charge in [0.15, 0.2) is 0 Å². The summed E-state index contributed by atoms with van der Waals surface area (Å²) in [5.41, 5.74) is 0. The molecule has 0 amide bonds. The van der Waals surface area contributed by atoms with Crippen LogP contribution < -0.4 is 10.2 Å². The molecule has 1 aliphatic heterocycles. The molecular weight excluding hydrogens is 304 g/mol. The van der Waals surface area contributed by atoms with E-state index in [0.717, 1.165) is 38.4 Å². The molecule has 2 rings (SSSR count). The van der Waals surface area contributed by atoms with Crippen LogP contribution in [0.2, 0.25) is 0 Å². The standard InChI is InChI=1S/C17H32N6O/c1-12(2)15-19-16(21-17(20-15)22(5)6)18-8-7-9-23-10-13(3)24-14(4)11-23/h12-14H,7-11H2,1-6H3,(H,18,19,20,21). The van der Waals surface area contributed by atoms with Crippen LogP contribution in [0, 0.1) is 0 Å². The number of anilines is 2. The minimum Gasteiger partial charge on any atom is -0.373 e. The average molecular weight is 336 g/mol. The third-order valence-electron chi connectivity index (χ3n) is 3.99. The molecule has 2 unspecified atom stereocenters. The minimum absolute atomic E-state index is 0.281. The lowest BCUT2D eigenvalue weighted by Crippen LogP contribution is -2.45. The number of nitrogens with one attached hydrogen (secondary N) is 1. The lowest BCUT2D eigenvalue weighted by atomic mass is 10.2. The zero-order chi connectivity index (χ0) is 17.7. The van der Waals surface area contributed by atoms with Crippen LogP contribution in [0.5, 0.6) is 0 Å². The summed E-state index contributed by atoms with van der Waals surface area (Å²) in [6.07, 6.45) is 1.70. The highest BCUT2D eigenvalue weighted by Gasteiger charge is 2.21. The Morgan fingerprint density at radius 3 is 2.42 bits per heavy atom. The smallest absolute Gasteiger partial charge is 0.229 e. The van der Waals surface area contributed by atoms with Crippen LogP contribution in [-0.2, 0) is 4.74 Å². The zero-order valence-corrected chi connectivity index (χ0v) is 15.9. The number of morpholine rings is 1. The van der Waals surface area contributed by atoms with Gasteiger partial charge in [-0.15, -0.1) is 0 Å². The molecule has 1 N–H and O–H groups in total. The van der Waals surface area contributed by atoms with Gasteiger partial charge in [0.2, 0.25) is 11.9 Å². The molecule has 0 spiro atoms. The molecule has 0 aromatic carbocycles. The monoisotopic (exact) mass is 336 g/mol. The van der Waals surface area contributed by atoms with E-state index < -0.39 is 0 Å². The van der Waals surface area contributed by atoms with E-state index in [0.29, 0.717) is 24.1 Å². The first-order valence-corrected chi connectivity index (χ1v) is 8.90. The van der Waals surface area contributed by atoms with E-state index in [1.807, 2.05) is 19.0 Å². The molecule has 136 valence electrons. The van der Waals surface area contributed by atoms with Crippen LogP contribution in [-0.4, -0.2) is 72.3 Å². The average Bonchev–Trinajstić information content (AvgIpc) is 2.50. The second-order valence-corrected chi connectivity index (χ2v) is 7.16. The largest absolute Gasteiger partial charge is 0.373 e. The summed E-state index contributed by atoms with van der Waals surface area (Å²) >= 11 is 0. The van der Waals surface area contributed by atoms with Gasteiger partial charge in [-0.05, 0) is 20.3 Å². The van der Waals surface area contributed by atoms with Gasteiger partial charge in [0.05, 0.1) is 12.2 Å². The zero-order valence-electron chi connectivity index (χ0n) is 15.9. The summed E-state index contributed by atoms with van der Waals surface area (Å²) in [6, 6.07) is 0. The van der Waals surface area contributed by atoms with Gasteiger partial charge < -0.3 is 15.0 Å². The van der Waals surface area contributed by atoms with Crippen molar-refractivity contribution in [2.24, 2.45) is 0 Å². The van der Waals surface area contributed by atoms with Crippen molar-refractivity contribution < 1.29 is 4.74 Å². The van der Waals surface area contributed by atoms with Gasteiger partial charge in [0, 0.05) is 46.2 Å². The summed E-state index contributed by atoms with van der Waals surface area (Å²) in [5, 5.41) is 3.35. The summed E-state index contributed by atoms with van der Waals surface area (Å²) in [4.78, 5) is 17.9. The number of rotatable bonds is 7. The molecule has 1 fully saturated rings. The van der Waals surface area contributed by atoms with Crippen molar-refractivity contribution in [3.63, 3.8) is 0 Å². The van der Waals surface area contributed by atoms with Crippen molar-refractivity contribution in [3.8, 4) is 0 Å². The van der Waals surface area contributed by atoms with Crippen molar-refractivity contribution in [2.45, 2.75) is 52.2 Å². The molecular formula is C17H32N6O. The maximum Gasteiger partial charge on any atom is 0.229 e. The third kappa shape index (κ3) is 5.56. The Labute approximate surface area is 145 Å². The molecule has 2 atom stereocenters. The summed E-state index contributed by atoms with van der Waals surface area (Å²) in [7, 11) is 3.90. The lowest BCUT2D eigenvalue weighted by Gasteiger charge is -2.35. The van der Waals surface area contributed by atoms with E-state index >= 15 is 0 Å². The quantitative estimate of drug-likeness (QED) is 0.764. The maximum absolute atomic E-state index is 5.77. The summed E-state index contributed by atoms with van der Waals surface area (Å²) < 4.78 is 5.77. The van der Waals surface area contributed by atoms with Crippen LogP contribution in [0.25, 0.3) is 0 Å². The second kappa shape index (κ2) is 8.58. The van der Waals surface area contributed by atoms with Crippen LogP contribution in [0.4, 0.5) is 11.9 Å². The first-order chi connectivity index (χ1) is 11.3. The summed E-state index contributed by atoms with van der Waals surface area (Å²) in [6.45, 7) is 12.4. The Balaban J connectivity index is 1.85. The normalized spacial score (nSPS) is 22.0. The number of hydrogen-bond acceptors (Lipinski definition) is 7. The molecule has 1 saturated heterocycles. The van der Waals surface area contributed by atoms with Gasteiger partial charge in [-0.1, -0.05) is 13.8 Å². The van der Waals surface area contributed by atoms with E-state index in [9.17, 15) is 0 Å². The van der Waals surface area contributed by atoms with Gasteiger partial charge in [-0.2, -0.15) is 15.0 Å². The SMILES string of the molecule is CC1CN(CCCNc2nc(C(C)C)nc(N(C)C)n2)CC(C)O1. The number of ether oxygens (including phenoxy) is 1. The second-order valence-electron chi connectivity index (χ2n) is 7.16. The molecule has 1 aliphatic rings. The van der Waals surface area contributed by atoms with E-state index in [1.54, 1.807) is 0 Å². The maximum atomic E-state index is 5.77. The first kappa shape index (κ1) is 18.9. The van der Waals surface area contributed by atoms with Crippen molar-refractivity contribution >= 4 is 11.9 Å². The van der Waals surface area contributed by atoms with Crippen molar-refractivity contribution in [1.82, 2.24) is 19.9 Å². The fraction of sp³-hybridized carbons (Fsp3) is 0.824. The van der Waals surface area contributed by atoms with Gasteiger partial charge in [-0.25, -0.2) is 0 Å². The van der Waals surface area contributed by atoms with Crippen LogP contribution in [0.1, 0.15) is 45.9 Å². The Kier molecular flexibility index (Phi) is 6.74. The van der Waals surface area contributed by atoms with Crippen LogP contribution >= 0.6 is 0 Å². The van der Waals surface area contributed by atoms with Crippen molar-refractivity contribution in [1.29, 1.82) is 0 Å². The van der Waals surface area contributed by atoms with Gasteiger partial charge in [0.1, 0.15) is 5.82 Å². The fourth-order valence-electron chi connectivity index (χ4n) is 2.89. The molecule has 2 heterocycles. The molecule has 0 bridgehead atoms. The lowest BCUT2D eigenvalue weighted by molar-refractivity contribution is -0.0678. The van der Waals surface area contributed by atoms with E-state index in [4.69, 9.17) is 4.74 Å². The number of hydrogen-bond donors (Lipinski definition) is 1. The van der Waals surface area contributed by atoms with Gasteiger partial charge in [-0.3, -0.25) is 4.90 Å². The molecule has 24 heavy (non-hydrogen) atoms. The molecule has 0 radical (unpaired) electrons. The predicted octanol–water partition coefficient (Wildman–Crippen LogP) is 1.97. The topological polar surface area (TPSA) is 66.4 Å². The molecule has 0 aliphatic carbocycles. The highest BCUT2D eigenvalue weighted by Crippen LogP contribution is 2.15. The molecule has 1 aromatic rings. The third-order valence-corrected chi connectivity index (χ3v) is 3.99. The Morgan fingerprint density at radius 1 is 1.17 bits per heavy atom. The van der Waals surface area contributed by atoms with Gasteiger partial charge >= 0.3 is 0 Å². The summed E-state index contributed by atoms with van der Waals surface area (Å²) in [5.74, 6) is 2.48. The van der Waals surface area contributed by atoms with Crippen LogP contribution in [0.15, 0.2) is 0 Å². The minimum atomic E-state index is 0.281. The van der Waals surface area contributed by atoms with Crippen molar-refractivity contribution in [3.05, 3.63) is 5.82 Å². The first-order valence-electron chi connectivity index (χ1n) is 8.90.